The van der Waals surface area contributed by atoms with Crippen LogP contribution in [0.2, 0.25) is 0 Å². The molecule has 0 radical (unpaired) electrons. The Hall–Kier alpha value is -2.45. The second-order valence-electron chi connectivity index (χ2n) is 8.01. The van der Waals surface area contributed by atoms with Crippen LogP contribution in [0.1, 0.15) is 56.7 Å². The highest BCUT2D eigenvalue weighted by molar-refractivity contribution is 6.11. The Morgan fingerprint density at radius 2 is 1.87 bits per heavy atom. The van der Waals surface area contributed by atoms with E-state index >= 15 is 0 Å². The van der Waals surface area contributed by atoms with Gasteiger partial charge in [0.1, 0.15) is 0 Å². The maximum absolute atomic E-state index is 4.48. The van der Waals surface area contributed by atoms with Gasteiger partial charge in [0.25, 0.3) is 0 Å². The quantitative estimate of drug-likeness (QED) is 0.335. The molecule has 0 aliphatic carbocycles. The molecule has 0 spiro atoms. The number of nitrogens with zero attached hydrogens (tertiary/aromatic N) is 2. The van der Waals surface area contributed by atoms with Crippen LogP contribution in [-0.2, 0) is 6.54 Å². The Bertz CT molecular complexity index is 872. The minimum Gasteiger partial charge on any atom is -0.299 e. The second kappa shape index (κ2) is 12.3. The van der Waals surface area contributed by atoms with Crippen molar-refractivity contribution in [3.63, 3.8) is 0 Å². The van der Waals surface area contributed by atoms with Gasteiger partial charge in [-0.25, -0.2) is 0 Å². The van der Waals surface area contributed by atoms with Crippen LogP contribution in [0.5, 0.6) is 0 Å². The van der Waals surface area contributed by atoms with Crippen LogP contribution in [0.15, 0.2) is 76.9 Å². The van der Waals surface area contributed by atoms with Crippen LogP contribution in [0, 0.1) is 6.92 Å². The van der Waals surface area contributed by atoms with Crippen LogP contribution < -0.4 is 0 Å². The molecule has 0 aromatic heterocycles. The molecule has 30 heavy (non-hydrogen) atoms. The molecule has 0 atom stereocenters. The highest BCUT2D eigenvalue weighted by Gasteiger charge is 2.11. The molecular weight excluding hydrogens is 364 g/mol. The van der Waals surface area contributed by atoms with Crippen LogP contribution >= 0.6 is 0 Å². The van der Waals surface area contributed by atoms with Gasteiger partial charge < -0.3 is 0 Å². The van der Waals surface area contributed by atoms with Crippen molar-refractivity contribution in [3.05, 3.63) is 88.6 Å². The summed E-state index contributed by atoms with van der Waals surface area (Å²) in [4.78, 5) is 7.06. The third-order valence-corrected chi connectivity index (χ3v) is 5.72. The number of rotatable bonds is 8. The molecule has 1 fully saturated rings. The van der Waals surface area contributed by atoms with E-state index in [1.165, 1.54) is 54.6 Å². The van der Waals surface area contributed by atoms with E-state index in [1.54, 1.807) is 0 Å². The van der Waals surface area contributed by atoms with Gasteiger partial charge >= 0.3 is 0 Å². The largest absolute Gasteiger partial charge is 0.299 e. The van der Waals surface area contributed by atoms with Crippen molar-refractivity contribution >= 4 is 11.8 Å². The van der Waals surface area contributed by atoms with Crippen molar-refractivity contribution in [2.45, 2.75) is 53.5 Å². The van der Waals surface area contributed by atoms with E-state index in [9.17, 15) is 0 Å². The Balaban J connectivity index is 2.23. The average molecular weight is 403 g/mol. The van der Waals surface area contributed by atoms with Gasteiger partial charge in [-0.05, 0) is 93.1 Å². The molecule has 1 aliphatic heterocycles. The summed E-state index contributed by atoms with van der Waals surface area (Å²) in [5.74, 6) is 0. The lowest BCUT2D eigenvalue weighted by molar-refractivity contribution is 0.221. The van der Waals surface area contributed by atoms with E-state index in [2.05, 4.69) is 72.8 Å². The predicted octanol–water partition coefficient (Wildman–Crippen LogP) is 7.09. The average Bonchev–Trinajstić information content (AvgIpc) is 2.76. The molecule has 1 heterocycles. The monoisotopic (exact) mass is 402 g/mol. The second-order valence-corrected chi connectivity index (χ2v) is 8.01. The zero-order valence-corrected chi connectivity index (χ0v) is 19.5. The first kappa shape index (κ1) is 23.8. The summed E-state index contributed by atoms with van der Waals surface area (Å²) in [6, 6.07) is 6.87. The summed E-state index contributed by atoms with van der Waals surface area (Å²) in [7, 11) is 1.84. The molecule has 0 amide bonds. The van der Waals surface area contributed by atoms with Crippen molar-refractivity contribution in [2.75, 3.05) is 20.1 Å². The summed E-state index contributed by atoms with van der Waals surface area (Å²) >= 11 is 0. The van der Waals surface area contributed by atoms with Crippen LogP contribution in [-0.4, -0.2) is 30.7 Å². The Kier molecular flexibility index (Phi) is 9.76. The minimum absolute atomic E-state index is 0.965. The molecule has 0 bridgehead atoms. The van der Waals surface area contributed by atoms with Gasteiger partial charge in [-0.1, -0.05) is 61.6 Å². The summed E-state index contributed by atoms with van der Waals surface area (Å²) < 4.78 is 0. The van der Waals surface area contributed by atoms with Crippen molar-refractivity contribution in [1.29, 1.82) is 0 Å². The molecule has 0 saturated carbocycles. The van der Waals surface area contributed by atoms with E-state index < -0.39 is 0 Å². The smallest absolute Gasteiger partial charge is 0.0645 e. The number of aryl methyl sites for hydroxylation is 1. The van der Waals surface area contributed by atoms with Crippen LogP contribution in [0.3, 0.4) is 0 Å². The number of allylic oxidation sites excluding steroid dienone is 8. The normalized spacial score (nSPS) is 17.6. The molecule has 1 aromatic carbocycles. The number of likely N-dealkylation sites (tertiary alicyclic amines) is 1. The van der Waals surface area contributed by atoms with Crippen LogP contribution in [0.4, 0.5) is 0 Å². The molecule has 1 saturated heterocycles. The van der Waals surface area contributed by atoms with Gasteiger partial charge in [0.15, 0.2) is 0 Å². The van der Waals surface area contributed by atoms with E-state index in [1.807, 2.05) is 33.0 Å². The fourth-order valence-electron chi connectivity index (χ4n) is 3.96. The molecule has 0 unspecified atom stereocenters. The summed E-state index contributed by atoms with van der Waals surface area (Å²) in [5.41, 5.74) is 8.35. The molecule has 2 nitrogen and oxygen atoms in total. The van der Waals surface area contributed by atoms with Gasteiger partial charge in [-0.2, -0.15) is 0 Å². The predicted molar refractivity (Wildman–Crippen MR) is 134 cm³/mol. The summed E-state index contributed by atoms with van der Waals surface area (Å²) in [6.07, 6.45) is 16.6. The first-order valence-corrected chi connectivity index (χ1v) is 11.1. The molecule has 2 rings (SSSR count). The maximum Gasteiger partial charge on any atom is 0.0645 e. The van der Waals surface area contributed by atoms with Gasteiger partial charge in [-0.15, -0.1) is 0 Å². The lowest BCUT2D eigenvalue weighted by Gasteiger charge is -2.26. The Labute approximate surface area is 184 Å². The standard InChI is InChI=1S/C28H38N2/c1-7-13-25(8-2)28(29-6)20-26(9-3)23(5)19-27-15-14-24(18-22(27)4)21-30-16-11-10-12-17-30/h7-9,13-15,18-20H,3,10-12,16-17,21H2,1-2,4-6H3/b13-7-,23-19+,25-8+,26-20+,29-28?. The van der Waals surface area contributed by atoms with Gasteiger partial charge in [0.05, 0.1) is 5.71 Å². The van der Waals surface area contributed by atoms with Crippen LogP contribution in [0.25, 0.3) is 6.08 Å². The number of hydrogen-bond donors (Lipinski definition) is 0. The molecular formula is C28H38N2. The van der Waals surface area contributed by atoms with E-state index in [0.717, 1.165) is 23.4 Å². The van der Waals surface area contributed by atoms with Gasteiger partial charge in [-0.3, -0.25) is 9.89 Å². The third-order valence-electron chi connectivity index (χ3n) is 5.72. The SMILES string of the molecule is C=CC(=C\C(=NC)C(/C=C\C)=C/C)/C(C)=C/c1ccc(CN2CCCCC2)cc1C. The van der Waals surface area contributed by atoms with E-state index in [-0.39, 0.29) is 0 Å². The number of aliphatic imine (C=N–C) groups is 1. The molecule has 2 heteroatoms. The molecule has 160 valence electrons. The third kappa shape index (κ3) is 6.81. The number of hydrogen-bond acceptors (Lipinski definition) is 2. The van der Waals surface area contributed by atoms with Crippen molar-refractivity contribution in [1.82, 2.24) is 4.90 Å². The van der Waals surface area contributed by atoms with Gasteiger partial charge in [0, 0.05) is 13.6 Å². The Morgan fingerprint density at radius 3 is 2.43 bits per heavy atom. The van der Waals surface area contributed by atoms with Crippen molar-refractivity contribution in [2.24, 2.45) is 4.99 Å². The first-order valence-electron chi connectivity index (χ1n) is 11.1. The topological polar surface area (TPSA) is 15.6 Å². The summed E-state index contributed by atoms with van der Waals surface area (Å²) in [5, 5.41) is 0. The lowest BCUT2D eigenvalue weighted by atomic mass is 9.97. The summed E-state index contributed by atoms with van der Waals surface area (Å²) in [6.45, 7) is 16.0. The Morgan fingerprint density at radius 1 is 1.13 bits per heavy atom. The fourth-order valence-corrected chi connectivity index (χ4v) is 3.96. The van der Waals surface area contributed by atoms with E-state index in [0.29, 0.717) is 0 Å². The molecule has 0 N–H and O–H groups in total. The zero-order valence-electron chi connectivity index (χ0n) is 19.5. The minimum atomic E-state index is 0.965. The number of piperidine rings is 1. The van der Waals surface area contributed by atoms with E-state index in [4.69, 9.17) is 0 Å². The zero-order chi connectivity index (χ0) is 21.9. The number of benzene rings is 1. The first-order chi connectivity index (χ1) is 14.5. The highest BCUT2D eigenvalue weighted by Crippen LogP contribution is 2.21. The fraction of sp³-hybridized carbons (Fsp3) is 0.393. The molecule has 1 aliphatic rings. The highest BCUT2D eigenvalue weighted by atomic mass is 15.1. The van der Waals surface area contributed by atoms with Crippen molar-refractivity contribution in [3.8, 4) is 0 Å². The molecule has 1 aromatic rings. The maximum atomic E-state index is 4.48. The lowest BCUT2D eigenvalue weighted by Crippen LogP contribution is -2.29. The van der Waals surface area contributed by atoms with Gasteiger partial charge in [0.2, 0.25) is 0 Å². The van der Waals surface area contributed by atoms with Crippen molar-refractivity contribution < 1.29 is 0 Å².